The van der Waals surface area contributed by atoms with Gasteiger partial charge in [0.1, 0.15) is 16.9 Å². The Balaban J connectivity index is 2.06. The Morgan fingerprint density at radius 3 is 2.54 bits per heavy atom. The van der Waals surface area contributed by atoms with Crippen LogP contribution in [0.15, 0.2) is 29.3 Å². The van der Waals surface area contributed by atoms with Crippen molar-refractivity contribution in [2.75, 3.05) is 5.73 Å². The van der Waals surface area contributed by atoms with Gasteiger partial charge in [0.25, 0.3) is 0 Å². The number of nitrogen functional groups attached to an aromatic ring is 1. The summed E-state index contributed by atoms with van der Waals surface area (Å²) >= 11 is 1.65. The molecule has 3 heterocycles. The zero-order chi connectivity index (χ0) is 20.2. The van der Waals surface area contributed by atoms with E-state index in [1.54, 1.807) is 18.3 Å². The molecule has 28 heavy (non-hydrogen) atoms. The van der Waals surface area contributed by atoms with E-state index in [1.807, 2.05) is 35.8 Å². The zero-order valence-electron chi connectivity index (χ0n) is 16.1. The van der Waals surface area contributed by atoms with Crippen molar-refractivity contribution in [1.29, 1.82) is 0 Å². The number of fused-ring (bicyclic) bond motifs is 3. The van der Waals surface area contributed by atoms with Gasteiger partial charge in [-0.05, 0) is 45.4 Å². The second-order valence-electron chi connectivity index (χ2n) is 7.08. The summed E-state index contributed by atoms with van der Waals surface area (Å²) in [7, 11) is 0. The van der Waals surface area contributed by atoms with Crippen LogP contribution in [-0.2, 0) is 4.79 Å². The van der Waals surface area contributed by atoms with Gasteiger partial charge in [-0.3, -0.25) is 14.4 Å². The van der Waals surface area contributed by atoms with E-state index in [1.165, 1.54) is 4.88 Å². The summed E-state index contributed by atoms with van der Waals surface area (Å²) in [5.74, 6) is -0.397. The smallest absolute Gasteiger partial charge is 0.308 e. The number of anilines is 1. The van der Waals surface area contributed by atoms with E-state index in [4.69, 9.17) is 10.7 Å². The number of aromatic nitrogens is 3. The molecule has 0 bridgehead atoms. The fourth-order valence-corrected chi connectivity index (χ4v) is 4.67. The van der Waals surface area contributed by atoms with Crippen molar-refractivity contribution >= 4 is 28.7 Å². The van der Waals surface area contributed by atoms with Gasteiger partial charge in [-0.1, -0.05) is 12.1 Å². The lowest BCUT2D eigenvalue weighted by Crippen LogP contribution is -2.21. The Morgan fingerprint density at radius 1 is 1.21 bits per heavy atom. The number of nitrogens with zero attached hydrogens (tertiary/aromatic N) is 4. The van der Waals surface area contributed by atoms with Gasteiger partial charge < -0.3 is 10.8 Å². The molecule has 8 heteroatoms. The van der Waals surface area contributed by atoms with Crippen LogP contribution in [0.3, 0.4) is 0 Å². The third-order valence-corrected chi connectivity index (χ3v) is 6.43. The predicted molar refractivity (Wildman–Crippen MR) is 109 cm³/mol. The summed E-state index contributed by atoms with van der Waals surface area (Å²) in [5.41, 5.74) is 10.3. The van der Waals surface area contributed by atoms with Crippen LogP contribution in [0.25, 0.3) is 5.00 Å². The van der Waals surface area contributed by atoms with E-state index in [2.05, 4.69) is 24.0 Å². The van der Waals surface area contributed by atoms with Crippen molar-refractivity contribution in [3.63, 3.8) is 0 Å². The van der Waals surface area contributed by atoms with Crippen LogP contribution >= 0.6 is 11.3 Å². The molecule has 0 spiro atoms. The Kier molecular flexibility index (Phi) is 4.30. The van der Waals surface area contributed by atoms with Crippen LogP contribution < -0.4 is 5.73 Å². The van der Waals surface area contributed by atoms with Crippen LogP contribution in [0, 0.1) is 26.7 Å². The maximum absolute atomic E-state index is 11.8. The number of carboxylic acids is 1. The highest BCUT2D eigenvalue weighted by Gasteiger charge is 2.36. The van der Waals surface area contributed by atoms with E-state index >= 15 is 0 Å². The van der Waals surface area contributed by atoms with Crippen molar-refractivity contribution in [2.45, 2.75) is 33.7 Å². The highest BCUT2D eigenvalue weighted by Crippen LogP contribution is 2.40. The average Bonchev–Trinajstić information content (AvgIpc) is 3.12. The maximum Gasteiger partial charge on any atom is 0.308 e. The molecule has 3 aromatic rings. The van der Waals surface area contributed by atoms with Crippen LogP contribution in [-0.4, -0.2) is 31.6 Å². The molecular weight excluding hydrogens is 374 g/mol. The first-order valence-corrected chi connectivity index (χ1v) is 9.80. The Morgan fingerprint density at radius 2 is 1.89 bits per heavy atom. The van der Waals surface area contributed by atoms with Crippen molar-refractivity contribution in [3.8, 4) is 5.00 Å². The van der Waals surface area contributed by atoms with Crippen molar-refractivity contribution < 1.29 is 9.90 Å². The lowest BCUT2D eigenvalue weighted by atomic mass is 9.98. The number of hydrogen-bond acceptors (Lipinski definition) is 6. The fraction of sp³-hybridized carbons (Fsp3) is 0.300. The molecular formula is C20H21N5O2S. The Labute approximate surface area is 166 Å². The SMILES string of the molecule is Cc1sc2c(c1C)C(c1ccc(N)cc1)=N[C@@H](C(C)C(=O)O)c1nnc(C)n1-2. The molecule has 0 saturated heterocycles. The second-order valence-corrected chi connectivity index (χ2v) is 8.28. The molecule has 0 fully saturated rings. The van der Waals surface area contributed by atoms with Crippen molar-refractivity contribution in [1.82, 2.24) is 14.8 Å². The van der Waals surface area contributed by atoms with Gasteiger partial charge >= 0.3 is 5.97 Å². The number of nitrogens with two attached hydrogens (primary N) is 1. The number of carboxylic acid groups (broad SMARTS) is 1. The summed E-state index contributed by atoms with van der Waals surface area (Å²) in [6.45, 7) is 7.67. The van der Waals surface area contributed by atoms with E-state index in [-0.39, 0.29) is 0 Å². The third-order valence-electron chi connectivity index (χ3n) is 5.24. The fourth-order valence-electron chi connectivity index (χ4n) is 3.46. The summed E-state index contributed by atoms with van der Waals surface area (Å²) in [6, 6.07) is 6.86. The summed E-state index contributed by atoms with van der Waals surface area (Å²) < 4.78 is 1.96. The minimum atomic E-state index is -0.921. The molecule has 2 atom stereocenters. The van der Waals surface area contributed by atoms with E-state index in [0.29, 0.717) is 17.3 Å². The van der Waals surface area contributed by atoms with Crippen LogP contribution in [0.4, 0.5) is 5.69 Å². The zero-order valence-corrected chi connectivity index (χ0v) is 16.9. The summed E-state index contributed by atoms with van der Waals surface area (Å²) in [6.07, 6.45) is 0. The number of benzene rings is 1. The molecule has 0 aliphatic carbocycles. The molecule has 144 valence electrons. The van der Waals surface area contributed by atoms with E-state index in [9.17, 15) is 9.90 Å². The largest absolute Gasteiger partial charge is 0.481 e. The first kappa shape index (κ1) is 18.4. The van der Waals surface area contributed by atoms with E-state index < -0.39 is 17.9 Å². The van der Waals surface area contributed by atoms with Crippen LogP contribution in [0.1, 0.15) is 46.2 Å². The number of carbonyl (C=O) groups is 1. The second kappa shape index (κ2) is 6.56. The third kappa shape index (κ3) is 2.72. The van der Waals surface area contributed by atoms with Gasteiger partial charge in [0, 0.05) is 21.7 Å². The first-order chi connectivity index (χ1) is 13.3. The number of aliphatic imine (C=N–C) groups is 1. The quantitative estimate of drug-likeness (QED) is 0.661. The molecule has 0 radical (unpaired) electrons. The van der Waals surface area contributed by atoms with Gasteiger partial charge in [-0.2, -0.15) is 0 Å². The van der Waals surface area contributed by atoms with Gasteiger partial charge in [-0.15, -0.1) is 21.5 Å². The Bertz CT molecular complexity index is 1110. The molecule has 0 saturated carbocycles. The predicted octanol–water partition coefficient (Wildman–Crippen LogP) is 3.45. The molecule has 4 rings (SSSR count). The number of aliphatic carboxylic acids is 1. The molecule has 1 aromatic carbocycles. The number of hydrogen-bond donors (Lipinski definition) is 2. The van der Waals surface area contributed by atoms with Gasteiger partial charge in [0.2, 0.25) is 0 Å². The number of rotatable bonds is 3. The standard InChI is InChI=1S/C20H21N5O2S/c1-9-11(3)28-19-15(9)17(13-5-7-14(21)8-6-13)22-16(10(2)20(26)27)18-24-23-12(4)25(18)19/h5-8,10,16H,21H2,1-4H3,(H,26,27)/t10?,16-/m0/s1. The maximum atomic E-state index is 11.8. The topological polar surface area (TPSA) is 106 Å². The molecule has 1 aliphatic rings. The molecule has 0 amide bonds. The van der Waals surface area contributed by atoms with Crippen LogP contribution in [0.5, 0.6) is 0 Å². The minimum Gasteiger partial charge on any atom is -0.481 e. The molecule has 3 N–H and O–H groups in total. The van der Waals surface area contributed by atoms with Gasteiger partial charge in [0.05, 0.1) is 11.6 Å². The number of aryl methyl sites for hydroxylation is 2. The van der Waals surface area contributed by atoms with Crippen molar-refractivity contribution in [2.24, 2.45) is 10.9 Å². The summed E-state index contributed by atoms with van der Waals surface area (Å²) in [5, 5.41) is 19.2. The first-order valence-electron chi connectivity index (χ1n) is 8.98. The van der Waals surface area contributed by atoms with E-state index in [0.717, 1.165) is 27.4 Å². The summed E-state index contributed by atoms with van der Waals surface area (Å²) in [4.78, 5) is 17.9. The highest BCUT2D eigenvalue weighted by molar-refractivity contribution is 7.15. The normalized spacial score (nSPS) is 16.7. The van der Waals surface area contributed by atoms with Crippen molar-refractivity contribution in [3.05, 3.63) is 57.5 Å². The molecule has 1 aliphatic heterocycles. The Hall–Kier alpha value is -3.00. The minimum absolute atomic E-state index is 0.556. The highest BCUT2D eigenvalue weighted by atomic mass is 32.1. The monoisotopic (exact) mass is 395 g/mol. The average molecular weight is 395 g/mol. The number of thiophene rings is 1. The lowest BCUT2D eigenvalue weighted by molar-refractivity contribution is -0.141. The van der Waals surface area contributed by atoms with Gasteiger partial charge in [0.15, 0.2) is 5.82 Å². The lowest BCUT2D eigenvalue weighted by Gasteiger charge is -2.16. The molecule has 1 unspecified atom stereocenters. The van der Waals surface area contributed by atoms with Crippen LogP contribution in [0.2, 0.25) is 0 Å². The van der Waals surface area contributed by atoms with Gasteiger partial charge in [-0.25, -0.2) is 0 Å². The molecule has 7 nitrogen and oxygen atoms in total. The molecule has 2 aromatic heterocycles.